The molecule has 9 heteroatoms. The van der Waals surface area contributed by atoms with E-state index in [9.17, 15) is 14.4 Å². The highest BCUT2D eigenvalue weighted by molar-refractivity contribution is 7.19. The molecule has 0 unspecified atom stereocenters. The van der Waals surface area contributed by atoms with E-state index in [4.69, 9.17) is 0 Å². The summed E-state index contributed by atoms with van der Waals surface area (Å²) in [5.74, 6) is 0.922. The molecule has 3 aromatic heterocycles. The highest BCUT2D eigenvalue weighted by Gasteiger charge is 2.38. The molecule has 1 atom stereocenters. The maximum Gasteiger partial charge on any atom is 0.275 e. The van der Waals surface area contributed by atoms with Crippen LogP contribution >= 0.6 is 11.3 Å². The molecule has 0 aromatic carbocycles. The number of Topliss-reactive ketones (excluding diaryl/α,β-unsaturated/α-hetero) is 1. The molecule has 0 radical (unpaired) electrons. The van der Waals surface area contributed by atoms with Crippen LogP contribution in [0.1, 0.15) is 59.6 Å². The van der Waals surface area contributed by atoms with E-state index in [0.29, 0.717) is 23.6 Å². The van der Waals surface area contributed by atoms with Gasteiger partial charge in [-0.2, -0.15) is 0 Å². The zero-order valence-corrected chi connectivity index (χ0v) is 20.4. The molecule has 34 heavy (non-hydrogen) atoms. The largest absolute Gasteiger partial charge is 0.342 e. The number of aryl methyl sites for hydroxylation is 2. The van der Waals surface area contributed by atoms with Crippen LogP contribution in [0.2, 0.25) is 0 Å². The maximum atomic E-state index is 13.4. The Balaban J connectivity index is 1.38. The molecule has 8 nitrogen and oxygen atoms in total. The zero-order chi connectivity index (χ0) is 23.8. The molecule has 1 amide bonds. The lowest BCUT2D eigenvalue weighted by atomic mass is 9.86. The van der Waals surface area contributed by atoms with Crippen molar-refractivity contribution in [1.29, 1.82) is 0 Å². The van der Waals surface area contributed by atoms with Crippen molar-refractivity contribution in [2.75, 3.05) is 18.4 Å². The summed E-state index contributed by atoms with van der Waals surface area (Å²) in [6.07, 6.45) is 5.29. The minimum atomic E-state index is -0.563. The fraction of sp³-hybridized carbons (Fsp3) is 0.480. The molecule has 6 rings (SSSR count). The fourth-order valence-corrected chi connectivity index (χ4v) is 6.92. The number of hydrogen-bond acceptors (Lipinski definition) is 7. The maximum absolute atomic E-state index is 13.4. The summed E-state index contributed by atoms with van der Waals surface area (Å²) < 4.78 is 1.63. The van der Waals surface area contributed by atoms with Crippen LogP contribution in [0, 0.1) is 12.8 Å². The van der Waals surface area contributed by atoms with Crippen molar-refractivity contribution in [2.45, 2.75) is 58.4 Å². The van der Waals surface area contributed by atoms with Gasteiger partial charge in [0.1, 0.15) is 22.7 Å². The van der Waals surface area contributed by atoms with Gasteiger partial charge in [-0.1, -0.05) is 0 Å². The van der Waals surface area contributed by atoms with Gasteiger partial charge >= 0.3 is 0 Å². The highest BCUT2D eigenvalue weighted by atomic mass is 32.1. The molecule has 2 aliphatic heterocycles. The second-order valence-electron chi connectivity index (χ2n) is 10.3. The van der Waals surface area contributed by atoms with Gasteiger partial charge in [0.05, 0.1) is 16.6 Å². The number of nitrogens with one attached hydrogen (secondary N) is 1. The number of hydrogen-bond donors (Lipinski definition) is 1. The van der Waals surface area contributed by atoms with Gasteiger partial charge in [-0.15, -0.1) is 11.3 Å². The lowest BCUT2D eigenvalue weighted by molar-refractivity contribution is -0.139. The number of carbonyl (C=O) groups excluding carboxylic acids is 2. The molecule has 5 heterocycles. The normalized spacial score (nSPS) is 20.7. The molecule has 176 valence electrons. The Morgan fingerprint density at radius 1 is 1.24 bits per heavy atom. The third kappa shape index (κ3) is 3.13. The van der Waals surface area contributed by atoms with Gasteiger partial charge in [0.2, 0.25) is 5.91 Å². The number of likely N-dealkylation sites (tertiary alicyclic amines) is 1. The van der Waals surface area contributed by atoms with Gasteiger partial charge in [0.15, 0.2) is 5.78 Å². The average Bonchev–Trinajstić information content (AvgIpc) is 3.24. The summed E-state index contributed by atoms with van der Waals surface area (Å²) in [6, 6.07) is 1.75. The van der Waals surface area contributed by atoms with E-state index in [2.05, 4.69) is 15.3 Å². The van der Waals surface area contributed by atoms with Gasteiger partial charge in [0, 0.05) is 30.3 Å². The Labute approximate surface area is 201 Å². The number of rotatable bonds is 3. The van der Waals surface area contributed by atoms with Crippen LogP contribution in [0.4, 0.5) is 11.5 Å². The zero-order valence-electron chi connectivity index (χ0n) is 19.6. The van der Waals surface area contributed by atoms with E-state index in [1.54, 1.807) is 22.0 Å². The molecule has 0 spiro atoms. The van der Waals surface area contributed by atoms with E-state index in [-0.39, 0.29) is 23.2 Å². The summed E-state index contributed by atoms with van der Waals surface area (Å²) in [5, 5.41) is 4.22. The van der Waals surface area contributed by atoms with E-state index >= 15 is 0 Å². The van der Waals surface area contributed by atoms with Crippen LogP contribution in [0.5, 0.6) is 0 Å². The number of thiophene rings is 1. The quantitative estimate of drug-likeness (QED) is 0.620. The van der Waals surface area contributed by atoms with Crippen LogP contribution in [0.25, 0.3) is 10.2 Å². The first kappa shape index (κ1) is 21.5. The second kappa shape index (κ2) is 7.46. The van der Waals surface area contributed by atoms with E-state index in [0.717, 1.165) is 54.6 Å². The van der Waals surface area contributed by atoms with Gasteiger partial charge in [-0.05, 0) is 63.6 Å². The Bertz CT molecular complexity index is 1430. The molecule has 1 aliphatic carbocycles. The average molecular weight is 478 g/mol. The van der Waals surface area contributed by atoms with Gasteiger partial charge in [0.25, 0.3) is 5.56 Å². The van der Waals surface area contributed by atoms with Crippen LogP contribution in [0.15, 0.2) is 17.2 Å². The lowest BCUT2D eigenvalue weighted by Crippen LogP contribution is -2.46. The monoisotopic (exact) mass is 477 g/mol. The van der Waals surface area contributed by atoms with E-state index < -0.39 is 5.54 Å². The second-order valence-corrected chi connectivity index (χ2v) is 11.4. The molecule has 3 aromatic rings. The summed E-state index contributed by atoms with van der Waals surface area (Å²) in [6.45, 7) is 7.47. The Kier molecular flexibility index (Phi) is 4.71. The van der Waals surface area contributed by atoms with Gasteiger partial charge in [-0.3, -0.25) is 19.0 Å². The van der Waals surface area contributed by atoms with Crippen molar-refractivity contribution in [3.05, 3.63) is 44.4 Å². The standard InChI is InChI=1S/C25H27N5O3S/c1-13-9-16(24(33)30-20(13)17(31)11-25(30,2)3)28-21-19-15-6-5-14(23(32)29-7-4-8-29)10-18(15)34-22(19)27-12-26-21/h9,12,14H,4-8,10-11H2,1-3H3,(H,26,27,28)/t14-/m0/s1. The predicted octanol–water partition coefficient (Wildman–Crippen LogP) is 3.56. The number of fused-ring (bicyclic) bond motifs is 4. The number of ketones is 1. The molecular formula is C25H27N5O3S. The van der Waals surface area contributed by atoms with Gasteiger partial charge in [-0.25, -0.2) is 9.97 Å². The smallest absolute Gasteiger partial charge is 0.275 e. The van der Waals surface area contributed by atoms with Crippen molar-refractivity contribution < 1.29 is 9.59 Å². The molecule has 3 aliphatic rings. The number of amides is 1. The third-order valence-corrected chi connectivity index (χ3v) is 8.63. The Morgan fingerprint density at radius 2 is 2.03 bits per heavy atom. The molecule has 0 bridgehead atoms. The summed E-state index contributed by atoms with van der Waals surface area (Å²) in [4.78, 5) is 51.8. The first-order chi connectivity index (χ1) is 16.2. The van der Waals surface area contributed by atoms with Crippen molar-refractivity contribution in [1.82, 2.24) is 19.4 Å². The molecule has 0 saturated carbocycles. The predicted molar refractivity (Wildman–Crippen MR) is 131 cm³/mol. The summed E-state index contributed by atoms with van der Waals surface area (Å²) in [7, 11) is 0. The Morgan fingerprint density at radius 3 is 2.76 bits per heavy atom. The highest BCUT2D eigenvalue weighted by Crippen LogP contribution is 2.41. The number of pyridine rings is 1. The lowest BCUT2D eigenvalue weighted by Gasteiger charge is -2.35. The van der Waals surface area contributed by atoms with Crippen molar-refractivity contribution in [2.24, 2.45) is 5.92 Å². The van der Waals surface area contributed by atoms with Crippen molar-refractivity contribution in [3.63, 3.8) is 0 Å². The minimum Gasteiger partial charge on any atom is -0.342 e. The van der Waals surface area contributed by atoms with Crippen molar-refractivity contribution in [3.8, 4) is 0 Å². The number of nitrogens with zero attached hydrogens (tertiary/aromatic N) is 4. The van der Waals surface area contributed by atoms with Crippen LogP contribution in [-0.2, 0) is 23.2 Å². The van der Waals surface area contributed by atoms with E-state index in [1.165, 1.54) is 16.8 Å². The molecule has 1 saturated heterocycles. The van der Waals surface area contributed by atoms with Crippen LogP contribution in [0.3, 0.4) is 0 Å². The number of aromatic nitrogens is 3. The fourth-order valence-electron chi connectivity index (χ4n) is 5.65. The first-order valence-electron chi connectivity index (χ1n) is 11.9. The minimum absolute atomic E-state index is 0.00445. The van der Waals surface area contributed by atoms with E-state index in [1.807, 2.05) is 25.7 Å². The van der Waals surface area contributed by atoms with Gasteiger partial charge < -0.3 is 10.2 Å². The molecular weight excluding hydrogens is 450 g/mol. The first-order valence-corrected chi connectivity index (χ1v) is 12.7. The number of anilines is 2. The molecule has 1 fully saturated rings. The summed E-state index contributed by atoms with van der Waals surface area (Å²) in [5.41, 5.74) is 2.09. The topological polar surface area (TPSA) is 97.2 Å². The Hall–Kier alpha value is -3.07. The SMILES string of the molecule is Cc1cc(Nc2ncnc3sc4c(c23)CC[C@H](C(=O)N2CCC2)C4)c(=O)n2c1C(=O)CC2(C)C. The third-order valence-electron chi connectivity index (χ3n) is 7.47. The van der Waals surface area contributed by atoms with Crippen LogP contribution < -0.4 is 10.9 Å². The van der Waals surface area contributed by atoms with Crippen LogP contribution in [-0.4, -0.2) is 44.2 Å². The van der Waals surface area contributed by atoms with Crippen molar-refractivity contribution >= 4 is 44.7 Å². The summed E-state index contributed by atoms with van der Waals surface area (Å²) >= 11 is 1.62. The number of carbonyl (C=O) groups is 2. The molecule has 1 N–H and O–H groups in total.